The van der Waals surface area contributed by atoms with Crippen LogP contribution < -0.4 is 11.5 Å². The monoisotopic (exact) mass is 214 g/mol. The molecule has 0 amide bonds. The lowest BCUT2D eigenvalue weighted by Crippen LogP contribution is -2.10. The number of carbonyl (C=O) groups is 1. The molecule has 0 saturated heterocycles. The van der Waals surface area contributed by atoms with Crippen molar-refractivity contribution in [1.82, 2.24) is 9.97 Å². The largest absolute Gasteiger partial charge is 0.398 e. The Morgan fingerprint density at radius 1 is 1.12 bits per heavy atom. The van der Waals surface area contributed by atoms with Gasteiger partial charge in [0.05, 0.1) is 11.3 Å². The smallest absolute Gasteiger partial charge is 0.217 e. The molecule has 2 rings (SSSR count). The highest BCUT2D eigenvalue weighted by Crippen LogP contribution is 2.17. The van der Waals surface area contributed by atoms with E-state index in [1.807, 2.05) is 0 Å². The van der Waals surface area contributed by atoms with Crippen LogP contribution >= 0.6 is 0 Å². The van der Waals surface area contributed by atoms with Crippen molar-refractivity contribution in [2.24, 2.45) is 0 Å². The fourth-order valence-corrected chi connectivity index (χ4v) is 1.33. The van der Waals surface area contributed by atoms with Gasteiger partial charge in [0.2, 0.25) is 5.78 Å². The number of rotatable bonds is 2. The van der Waals surface area contributed by atoms with Crippen LogP contribution in [0.25, 0.3) is 0 Å². The van der Waals surface area contributed by atoms with Gasteiger partial charge in [-0.15, -0.1) is 0 Å². The normalized spacial score (nSPS) is 10.0. The number of hydrogen-bond donors (Lipinski definition) is 2. The van der Waals surface area contributed by atoms with Crippen LogP contribution in [-0.4, -0.2) is 15.8 Å². The molecular formula is C11H10N4O. The first-order valence-corrected chi connectivity index (χ1v) is 4.65. The fraction of sp³-hybridized carbons (Fsp3) is 0. The van der Waals surface area contributed by atoms with Crippen LogP contribution in [0.5, 0.6) is 0 Å². The van der Waals surface area contributed by atoms with Crippen molar-refractivity contribution >= 4 is 17.2 Å². The minimum Gasteiger partial charge on any atom is -0.398 e. The maximum absolute atomic E-state index is 12.0. The topological polar surface area (TPSA) is 94.9 Å². The molecule has 0 spiro atoms. The average Bonchev–Trinajstić information content (AvgIpc) is 2.29. The summed E-state index contributed by atoms with van der Waals surface area (Å²) in [6.45, 7) is 0. The zero-order valence-electron chi connectivity index (χ0n) is 8.42. The van der Waals surface area contributed by atoms with Crippen molar-refractivity contribution in [2.75, 3.05) is 11.5 Å². The standard InChI is InChI=1S/C11H10N4O/c12-8-3-5-14-6-7(8)11(16)10-9(13)2-1-4-15-10/h1-6H,13H2,(H2,12,14). The van der Waals surface area contributed by atoms with E-state index in [1.54, 1.807) is 18.2 Å². The quantitative estimate of drug-likeness (QED) is 0.723. The molecule has 0 unspecified atom stereocenters. The third-order valence-electron chi connectivity index (χ3n) is 2.15. The van der Waals surface area contributed by atoms with Gasteiger partial charge in [-0.2, -0.15) is 0 Å². The second kappa shape index (κ2) is 3.98. The highest BCUT2D eigenvalue weighted by Gasteiger charge is 2.15. The minimum atomic E-state index is -0.316. The van der Waals surface area contributed by atoms with Crippen molar-refractivity contribution in [3.05, 3.63) is 48.0 Å². The molecule has 2 heterocycles. The lowest BCUT2D eigenvalue weighted by molar-refractivity contribution is 0.103. The maximum atomic E-state index is 12.0. The lowest BCUT2D eigenvalue weighted by atomic mass is 10.1. The summed E-state index contributed by atoms with van der Waals surface area (Å²) < 4.78 is 0. The van der Waals surface area contributed by atoms with Crippen molar-refractivity contribution in [3.8, 4) is 0 Å². The number of ketones is 1. The Balaban J connectivity index is 2.48. The Kier molecular flexibility index (Phi) is 2.51. The van der Waals surface area contributed by atoms with Crippen LogP contribution in [0, 0.1) is 0 Å². The summed E-state index contributed by atoms with van der Waals surface area (Å²) >= 11 is 0. The fourth-order valence-electron chi connectivity index (χ4n) is 1.33. The predicted octanol–water partition coefficient (Wildman–Crippen LogP) is 0.872. The first kappa shape index (κ1) is 10.1. The van der Waals surface area contributed by atoms with E-state index in [0.29, 0.717) is 16.9 Å². The predicted molar refractivity (Wildman–Crippen MR) is 60.7 cm³/mol. The van der Waals surface area contributed by atoms with Crippen molar-refractivity contribution in [2.45, 2.75) is 0 Å². The number of nitrogens with two attached hydrogens (primary N) is 2. The summed E-state index contributed by atoms with van der Waals surface area (Å²) in [5.74, 6) is -0.316. The zero-order chi connectivity index (χ0) is 11.5. The second-order valence-corrected chi connectivity index (χ2v) is 3.23. The lowest BCUT2D eigenvalue weighted by Gasteiger charge is -2.04. The summed E-state index contributed by atoms with van der Waals surface area (Å²) in [6, 6.07) is 4.85. The van der Waals surface area contributed by atoms with Gasteiger partial charge in [0.1, 0.15) is 5.69 Å². The molecule has 0 aliphatic heterocycles. The Bertz CT molecular complexity index is 492. The van der Waals surface area contributed by atoms with E-state index in [9.17, 15) is 4.79 Å². The molecule has 5 nitrogen and oxygen atoms in total. The van der Waals surface area contributed by atoms with Crippen molar-refractivity contribution in [3.63, 3.8) is 0 Å². The van der Waals surface area contributed by atoms with E-state index < -0.39 is 0 Å². The highest BCUT2D eigenvalue weighted by molar-refractivity contribution is 6.13. The summed E-state index contributed by atoms with van der Waals surface area (Å²) in [4.78, 5) is 19.8. The molecule has 0 bridgehead atoms. The van der Waals surface area contributed by atoms with Crippen molar-refractivity contribution < 1.29 is 4.79 Å². The van der Waals surface area contributed by atoms with E-state index in [-0.39, 0.29) is 11.5 Å². The van der Waals surface area contributed by atoms with Crippen LogP contribution in [0.1, 0.15) is 16.1 Å². The molecule has 16 heavy (non-hydrogen) atoms. The number of anilines is 2. The molecule has 2 aromatic heterocycles. The zero-order valence-corrected chi connectivity index (χ0v) is 8.42. The van der Waals surface area contributed by atoms with Gasteiger partial charge in [-0.3, -0.25) is 14.8 Å². The molecule has 0 aromatic carbocycles. The van der Waals surface area contributed by atoms with Crippen LogP contribution in [0.3, 0.4) is 0 Å². The van der Waals surface area contributed by atoms with E-state index in [1.165, 1.54) is 18.6 Å². The van der Waals surface area contributed by atoms with Gasteiger partial charge < -0.3 is 11.5 Å². The first-order chi connectivity index (χ1) is 7.70. The average molecular weight is 214 g/mol. The Hall–Kier alpha value is -2.43. The van der Waals surface area contributed by atoms with Gasteiger partial charge in [-0.25, -0.2) is 0 Å². The second-order valence-electron chi connectivity index (χ2n) is 3.23. The molecule has 80 valence electrons. The highest BCUT2D eigenvalue weighted by atomic mass is 16.1. The summed E-state index contributed by atoms with van der Waals surface area (Å²) in [5, 5.41) is 0. The van der Waals surface area contributed by atoms with Gasteiger partial charge in [0, 0.05) is 24.3 Å². The summed E-state index contributed by atoms with van der Waals surface area (Å²) in [5.41, 5.74) is 12.5. The van der Waals surface area contributed by atoms with Crippen LogP contribution in [0.15, 0.2) is 36.8 Å². The van der Waals surface area contributed by atoms with Gasteiger partial charge in [0.15, 0.2) is 0 Å². The Morgan fingerprint density at radius 3 is 2.62 bits per heavy atom. The molecule has 5 heteroatoms. The first-order valence-electron chi connectivity index (χ1n) is 4.65. The van der Waals surface area contributed by atoms with Gasteiger partial charge in [-0.1, -0.05) is 0 Å². The minimum absolute atomic E-state index is 0.196. The Labute approximate surface area is 92.1 Å². The van der Waals surface area contributed by atoms with Crippen LogP contribution in [-0.2, 0) is 0 Å². The molecule has 0 aliphatic rings. The Morgan fingerprint density at radius 2 is 1.94 bits per heavy atom. The van der Waals surface area contributed by atoms with Gasteiger partial charge in [0.25, 0.3) is 0 Å². The van der Waals surface area contributed by atoms with Crippen LogP contribution in [0.4, 0.5) is 11.4 Å². The number of aromatic nitrogens is 2. The summed E-state index contributed by atoms with van der Waals surface area (Å²) in [6.07, 6.45) is 4.44. The molecule has 0 radical (unpaired) electrons. The van der Waals surface area contributed by atoms with E-state index in [2.05, 4.69) is 9.97 Å². The molecular weight excluding hydrogens is 204 g/mol. The SMILES string of the molecule is Nc1ccncc1C(=O)c1ncccc1N. The number of nitrogens with zero attached hydrogens (tertiary/aromatic N) is 2. The molecule has 0 saturated carbocycles. The molecule has 4 N–H and O–H groups in total. The van der Waals surface area contributed by atoms with Crippen molar-refractivity contribution in [1.29, 1.82) is 0 Å². The molecule has 0 aliphatic carbocycles. The van der Waals surface area contributed by atoms with Gasteiger partial charge >= 0.3 is 0 Å². The van der Waals surface area contributed by atoms with E-state index in [4.69, 9.17) is 11.5 Å². The summed E-state index contributed by atoms with van der Waals surface area (Å²) in [7, 11) is 0. The van der Waals surface area contributed by atoms with Crippen LogP contribution in [0.2, 0.25) is 0 Å². The number of pyridine rings is 2. The molecule has 0 atom stereocenters. The number of nitrogen functional groups attached to an aromatic ring is 2. The maximum Gasteiger partial charge on any atom is 0.217 e. The van der Waals surface area contributed by atoms with Gasteiger partial charge in [-0.05, 0) is 18.2 Å². The third kappa shape index (κ3) is 1.70. The van der Waals surface area contributed by atoms with E-state index >= 15 is 0 Å². The number of carbonyl (C=O) groups excluding carboxylic acids is 1. The molecule has 2 aromatic rings. The molecule has 0 fully saturated rings. The number of hydrogen-bond acceptors (Lipinski definition) is 5. The van der Waals surface area contributed by atoms with E-state index in [0.717, 1.165) is 0 Å². The third-order valence-corrected chi connectivity index (χ3v) is 2.15.